The summed E-state index contributed by atoms with van der Waals surface area (Å²) in [5.74, 6) is -0.0747. The number of rotatable bonds is 8. The van der Waals surface area contributed by atoms with Gasteiger partial charge in [0.1, 0.15) is 5.01 Å². The number of carbonyl (C=O) groups excluding carboxylic acids is 1. The Morgan fingerprint density at radius 3 is 2.48 bits per heavy atom. The second-order valence-electron chi connectivity index (χ2n) is 6.46. The molecule has 0 spiro atoms. The second-order valence-corrected chi connectivity index (χ2v) is 9.46. The number of hydrogen-bond acceptors (Lipinski definition) is 5. The van der Waals surface area contributed by atoms with Crippen molar-refractivity contribution in [2.45, 2.75) is 44.6 Å². The SMILES string of the molecule is Cc1csc(C(CC(C)C)NC(=O)CCS(=O)(=O)c2ccccc2)n1. The van der Waals surface area contributed by atoms with Crippen LogP contribution >= 0.6 is 11.3 Å². The first-order chi connectivity index (χ1) is 11.8. The number of sulfone groups is 1. The number of aromatic nitrogens is 1. The van der Waals surface area contributed by atoms with E-state index >= 15 is 0 Å². The Morgan fingerprint density at radius 2 is 1.92 bits per heavy atom. The van der Waals surface area contributed by atoms with Crippen molar-refractivity contribution in [1.29, 1.82) is 0 Å². The zero-order valence-corrected chi connectivity index (χ0v) is 16.4. The van der Waals surface area contributed by atoms with Crippen molar-refractivity contribution in [2.24, 2.45) is 5.92 Å². The van der Waals surface area contributed by atoms with Crippen LogP contribution < -0.4 is 5.32 Å². The van der Waals surface area contributed by atoms with Crippen molar-refractivity contribution in [3.63, 3.8) is 0 Å². The lowest BCUT2D eigenvalue weighted by Gasteiger charge is -2.18. The molecule has 25 heavy (non-hydrogen) atoms. The minimum Gasteiger partial charge on any atom is -0.347 e. The highest BCUT2D eigenvalue weighted by molar-refractivity contribution is 7.91. The van der Waals surface area contributed by atoms with Gasteiger partial charge in [-0.05, 0) is 31.4 Å². The van der Waals surface area contributed by atoms with Crippen molar-refractivity contribution in [2.75, 3.05) is 5.75 Å². The Balaban J connectivity index is 1.99. The summed E-state index contributed by atoms with van der Waals surface area (Å²) in [6.45, 7) is 6.08. The van der Waals surface area contributed by atoms with Crippen LogP contribution in [0, 0.1) is 12.8 Å². The number of nitrogens with zero attached hydrogens (tertiary/aromatic N) is 1. The van der Waals surface area contributed by atoms with E-state index in [0.717, 1.165) is 17.1 Å². The van der Waals surface area contributed by atoms with E-state index in [0.29, 0.717) is 5.92 Å². The first-order valence-electron chi connectivity index (χ1n) is 8.27. The molecule has 0 aliphatic carbocycles. The monoisotopic (exact) mass is 380 g/mol. The van der Waals surface area contributed by atoms with Crippen molar-refractivity contribution >= 4 is 27.1 Å². The van der Waals surface area contributed by atoms with Crippen LogP contribution in [0.5, 0.6) is 0 Å². The Labute approximate surface area is 153 Å². The summed E-state index contributed by atoms with van der Waals surface area (Å²) in [5.41, 5.74) is 0.926. The standard InChI is InChI=1S/C18H24N2O3S2/c1-13(2)11-16(18-19-14(3)12-24-18)20-17(21)9-10-25(22,23)15-7-5-4-6-8-15/h4-8,12-13,16H,9-11H2,1-3H3,(H,20,21). The van der Waals surface area contributed by atoms with E-state index in [4.69, 9.17) is 0 Å². The smallest absolute Gasteiger partial charge is 0.221 e. The Bertz CT molecular complexity index is 799. The molecule has 0 radical (unpaired) electrons. The number of nitrogens with one attached hydrogen (secondary N) is 1. The van der Waals surface area contributed by atoms with Gasteiger partial charge in [0.2, 0.25) is 5.91 Å². The van der Waals surface area contributed by atoms with Crippen molar-refractivity contribution in [3.8, 4) is 0 Å². The molecule has 7 heteroatoms. The third-order valence-corrected chi connectivity index (χ3v) is 6.49. The lowest BCUT2D eigenvalue weighted by molar-refractivity contribution is -0.121. The van der Waals surface area contributed by atoms with Crippen LogP contribution in [-0.4, -0.2) is 25.1 Å². The highest BCUT2D eigenvalue weighted by Gasteiger charge is 2.21. The van der Waals surface area contributed by atoms with Crippen molar-refractivity contribution in [1.82, 2.24) is 10.3 Å². The molecule has 0 fully saturated rings. The Hall–Kier alpha value is -1.73. The van der Waals surface area contributed by atoms with Crippen LogP contribution in [0.3, 0.4) is 0 Å². The van der Waals surface area contributed by atoms with Gasteiger partial charge in [0.15, 0.2) is 9.84 Å². The third-order valence-electron chi connectivity index (χ3n) is 3.68. The van der Waals surface area contributed by atoms with Gasteiger partial charge in [-0.1, -0.05) is 32.0 Å². The van der Waals surface area contributed by atoms with Gasteiger partial charge in [0, 0.05) is 17.5 Å². The predicted molar refractivity (Wildman–Crippen MR) is 100 cm³/mol. The van der Waals surface area contributed by atoms with E-state index < -0.39 is 9.84 Å². The fourth-order valence-corrected chi connectivity index (χ4v) is 4.59. The van der Waals surface area contributed by atoms with Crippen LogP contribution in [0.4, 0.5) is 0 Å². The van der Waals surface area contributed by atoms with Gasteiger partial charge in [0.25, 0.3) is 0 Å². The normalized spacial score (nSPS) is 13.0. The molecule has 0 saturated heterocycles. The Kier molecular flexibility index (Phi) is 6.72. The summed E-state index contributed by atoms with van der Waals surface area (Å²) in [6, 6.07) is 8.04. The van der Waals surface area contributed by atoms with Gasteiger partial charge in [-0.15, -0.1) is 11.3 Å². The zero-order valence-electron chi connectivity index (χ0n) is 14.7. The first kappa shape index (κ1) is 19.6. The minimum atomic E-state index is -3.45. The fourth-order valence-electron chi connectivity index (χ4n) is 2.46. The molecule has 1 unspecified atom stereocenters. The molecule has 136 valence electrons. The molecular formula is C18H24N2O3S2. The molecule has 1 N–H and O–H groups in total. The highest BCUT2D eigenvalue weighted by atomic mass is 32.2. The average molecular weight is 381 g/mol. The van der Waals surface area contributed by atoms with E-state index in [1.807, 2.05) is 12.3 Å². The number of thiazole rings is 1. The molecule has 2 rings (SSSR count). The molecule has 1 amide bonds. The second kappa shape index (κ2) is 8.58. The quantitative estimate of drug-likeness (QED) is 0.760. The van der Waals surface area contributed by atoms with Gasteiger partial charge < -0.3 is 5.32 Å². The molecule has 5 nitrogen and oxygen atoms in total. The van der Waals surface area contributed by atoms with Gasteiger partial charge in [0.05, 0.1) is 16.7 Å². The largest absolute Gasteiger partial charge is 0.347 e. The van der Waals surface area contributed by atoms with Gasteiger partial charge in [-0.3, -0.25) is 4.79 Å². The summed E-state index contributed by atoms with van der Waals surface area (Å²) < 4.78 is 24.6. The number of hydrogen-bond donors (Lipinski definition) is 1. The van der Waals surface area contributed by atoms with Gasteiger partial charge >= 0.3 is 0 Å². The fraction of sp³-hybridized carbons (Fsp3) is 0.444. The predicted octanol–water partition coefficient (Wildman–Crippen LogP) is 3.52. The van der Waals surface area contributed by atoms with E-state index in [9.17, 15) is 13.2 Å². The molecule has 0 aliphatic heterocycles. The number of benzene rings is 1. The van der Waals surface area contributed by atoms with Crippen LogP contribution in [0.25, 0.3) is 0 Å². The molecule has 0 bridgehead atoms. The highest BCUT2D eigenvalue weighted by Crippen LogP contribution is 2.24. The van der Waals surface area contributed by atoms with Gasteiger partial charge in [-0.2, -0.15) is 0 Å². The molecule has 1 heterocycles. The van der Waals surface area contributed by atoms with Crippen LogP contribution in [0.2, 0.25) is 0 Å². The van der Waals surface area contributed by atoms with Crippen molar-refractivity contribution < 1.29 is 13.2 Å². The summed E-state index contributed by atoms with van der Waals surface area (Å²) in [5, 5.41) is 5.77. The molecule has 2 aromatic rings. The number of amides is 1. The van der Waals surface area contributed by atoms with E-state index in [1.165, 1.54) is 11.3 Å². The van der Waals surface area contributed by atoms with E-state index in [1.54, 1.807) is 30.3 Å². The lowest BCUT2D eigenvalue weighted by Crippen LogP contribution is -2.30. The van der Waals surface area contributed by atoms with Crippen LogP contribution in [-0.2, 0) is 14.6 Å². The summed E-state index contributed by atoms with van der Waals surface area (Å²) in [4.78, 5) is 17.0. The summed E-state index contributed by atoms with van der Waals surface area (Å²) >= 11 is 1.52. The number of carbonyl (C=O) groups is 1. The molecule has 0 saturated carbocycles. The lowest BCUT2D eigenvalue weighted by atomic mass is 10.0. The number of aryl methyl sites for hydroxylation is 1. The van der Waals surface area contributed by atoms with Crippen molar-refractivity contribution in [3.05, 3.63) is 46.4 Å². The molecule has 1 aromatic carbocycles. The molecule has 0 aliphatic rings. The van der Waals surface area contributed by atoms with E-state index in [2.05, 4.69) is 24.1 Å². The third kappa shape index (κ3) is 5.93. The van der Waals surface area contributed by atoms with Gasteiger partial charge in [-0.25, -0.2) is 13.4 Å². The van der Waals surface area contributed by atoms with E-state index in [-0.39, 0.29) is 29.0 Å². The average Bonchev–Trinajstić information content (AvgIpc) is 2.99. The minimum absolute atomic E-state index is 0.0593. The first-order valence-corrected chi connectivity index (χ1v) is 10.8. The zero-order chi connectivity index (χ0) is 18.4. The topological polar surface area (TPSA) is 76.1 Å². The Morgan fingerprint density at radius 1 is 1.24 bits per heavy atom. The summed E-state index contributed by atoms with van der Waals surface area (Å²) in [7, 11) is -3.45. The summed E-state index contributed by atoms with van der Waals surface area (Å²) in [6.07, 6.45) is 0.709. The molecule has 1 atom stereocenters. The maximum Gasteiger partial charge on any atom is 0.221 e. The maximum atomic E-state index is 12.3. The molecular weight excluding hydrogens is 356 g/mol. The maximum absolute atomic E-state index is 12.3. The van der Waals surface area contributed by atoms with Crippen LogP contribution in [0.15, 0.2) is 40.6 Å². The molecule has 1 aromatic heterocycles. The van der Waals surface area contributed by atoms with Crippen LogP contribution in [0.1, 0.15) is 43.4 Å².